The molecule has 6 nitrogen and oxygen atoms in total. The van der Waals surface area contributed by atoms with Crippen LogP contribution in [-0.2, 0) is 17.8 Å². The molecule has 1 saturated heterocycles. The number of fused-ring (bicyclic) bond motifs is 1. The van der Waals surface area contributed by atoms with E-state index in [4.69, 9.17) is 0 Å². The van der Waals surface area contributed by atoms with E-state index in [-0.39, 0.29) is 11.5 Å². The van der Waals surface area contributed by atoms with Gasteiger partial charge in [-0.2, -0.15) is 0 Å². The number of benzene rings is 2. The van der Waals surface area contributed by atoms with Gasteiger partial charge in [0, 0.05) is 32.6 Å². The number of hydrogen-bond acceptors (Lipinski definition) is 4. The fraction of sp³-hybridized carbons (Fsp3) is 0.348. The molecular weight excluding hydrogens is 364 g/mol. The van der Waals surface area contributed by atoms with Crippen molar-refractivity contribution in [1.82, 2.24) is 19.8 Å². The number of aromatic nitrogens is 2. The molecule has 0 radical (unpaired) electrons. The number of aryl methyl sites for hydroxylation is 1. The second kappa shape index (κ2) is 9.01. The molecule has 0 saturated carbocycles. The van der Waals surface area contributed by atoms with E-state index in [0.29, 0.717) is 24.2 Å². The second-order valence-electron chi connectivity index (χ2n) is 7.53. The van der Waals surface area contributed by atoms with Crippen LogP contribution in [0.1, 0.15) is 24.2 Å². The van der Waals surface area contributed by atoms with Gasteiger partial charge in [-0.15, -0.1) is 0 Å². The highest BCUT2D eigenvalue weighted by Crippen LogP contribution is 2.11. The lowest BCUT2D eigenvalue weighted by atomic mass is 10.1. The maximum atomic E-state index is 12.5. The van der Waals surface area contributed by atoms with E-state index >= 15 is 0 Å². The summed E-state index contributed by atoms with van der Waals surface area (Å²) in [6.45, 7) is 3.63. The van der Waals surface area contributed by atoms with Crippen molar-refractivity contribution < 1.29 is 4.79 Å². The molecule has 4 rings (SSSR count). The largest absolute Gasteiger partial charge is 0.340 e. The highest BCUT2D eigenvalue weighted by molar-refractivity contribution is 5.77. The Morgan fingerprint density at radius 1 is 0.966 bits per heavy atom. The fourth-order valence-corrected chi connectivity index (χ4v) is 3.82. The summed E-state index contributed by atoms with van der Waals surface area (Å²) in [6.07, 6.45) is 2.41. The maximum Gasteiger partial charge on any atom is 0.258 e. The average Bonchev–Trinajstić information content (AvgIpc) is 2.75. The number of hydrogen-bond donors (Lipinski definition) is 1. The van der Waals surface area contributed by atoms with Gasteiger partial charge in [0.25, 0.3) is 5.56 Å². The van der Waals surface area contributed by atoms with E-state index in [0.717, 1.165) is 44.5 Å². The van der Waals surface area contributed by atoms with E-state index in [9.17, 15) is 9.59 Å². The molecular formula is C23H26N4O2. The zero-order chi connectivity index (χ0) is 20.1. The number of piperazine rings is 1. The van der Waals surface area contributed by atoms with Gasteiger partial charge >= 0.3 is 0 Å². The molecule has 0 aliphatic carbocycles. The van der Waals surface area contributed by atoms with E-state index in [1.165, 1.54) is 5.56 Å². The molecule has 1 aromatic heterocycles. The summed E-state index contributed by atoms with van der Waals surface area (Å²) in [7, 11) is 0. The number of rotatable bonds is 6. The molecule has 1 amide bonds. The fourth-order valence-electron chi connectivity index (χ4n) is 3.82. The molecule has 3 aromatic rings. The van der Waals surface area contributed by atoms with Crippen molar-refractivity contribution in [3.63, 3.8) is 0 Å². The summed E-state index contributed by atoms with van der Waals surface area (Å²) in [5, 5.41) is 0.613. The summed E-state index contributed by atoms with van der Waals surface area (Å²) in [5.41, 5.74) is 1.90. The van der Waals surface area contributed by atoms with Crippen molar-refractivity contribution in [3.8, 4) is 0 Å². The Labute approximate surface area is 170 Å². The quantitative estimate of drug-likeness (QED) is 0.702. The van der Waals surface area contributed by atoms with Gasteiger partial charge in [0.05, 0.1) is 17.4 Å². The Kier molecular flexibility index (Phi) is 6.00. The normalized spacial score (nSPS) is 15.0. The van der Waals surface area contributed by atoms with Crippen LogP contribution in [0, 0.1) is 0 Å². The minimum absolute atomic E-state index is 0.0992. The third-order valence-electron chi connectivity index (χ3n) is 5.46. The molecule has 0 atom stereocenters. The Morgan fingerprint density at radius 3 is 2.48 bits per heavy atom. The van der Waals surface area contributed by atoms with Crippen LogP contribution in [0.4, 0.5) is 0 Å². The van der Waals surface area contributed by atoms with Crippen molar-refractivity contribution in [1.29, 1.82) is 0 Å². The molecule has 1 fully saturated rings. The van der Waals surface area contributed by atoms with Gasteiger partial charge in [0.15, 0.2) is 0 Å². The lowest BCUT2D eigenvalue weighted by Gasteiger charge is -2.34. The van der Waals surface area contributed by atoms with Gasteiger partial charge in [0.1, 0.15) is 5.82 Å². The molecule has 0 spiro atoms. The Hall–Kier alpha value is -2.99. The van der Waals surface area contributed by atoms with Gasteiger partial charge < -0.3 is 9.88 Å². The average molecular weight is 390 g/mol. The van der Waals surface area contributed by atoms with E-state index in [1.54, 1.807) is 6.07 Å². The van der Waals surface area contributed by atoms with Crippen LogP contribution in [0.15, 0.2) is 59.4 Å². The van der Waals surface area contributed by atoms with Crippen LogP contribution in [0.5, 0.6) is 0 Å². The first-order valence-electron chi connectivity index (χ1n) is 10.2. The number of para-hydroxylation sites is 1. The minimum atomic E-state index is -0.0992. The summed E-state index contributed by atoms with van der Waals surface area (Å²) in [4.78, 5) is 36.4. The number of carbonyl (C=O) groups excluding carboxylic acids is 1. The number of nitrogens with one attached hydrogen (secondary N) is 1. The number of amides is 1. The number of H-pyrrole nitrogens is 1. The van der Waals surface area contributed by atoms with Gasteiger partial charge in [-0.1, -0.05) is 42.5 Å². The molecule has 150 valence electrons. The highest BCUT2D eigenvalue weighted by Gasteiger charge is 2.21. The van der Waals surface area contributed by atoms with Crippen LogP contribution in [-0.4, -0.2) is 51.9 Å². The van der Waals surface area contributed by atoms with Crippen molar-refractivity contribution in [2.45, 2.75) is 25.8 Å². The van der Waals surface area contributed by atoms with Crippen molar-refractivity contribution >= 4 is 16.8 Å². The number of aromatic amines is 1. The SMILES string of the molecule is O=C(CCCc1ccccc1)N1CCN(Cc2nc3ccccc3c(=O)[nH]2)CC1. The number of carbonyl (C=O) groups is 1. The minimum Gasteiger partial charge on any atom is -0.340 e. The lowest BCUT2D eigenvalue weighted by molar-refractivity contribution is -0.133. The van der Waals surface area contributed by atoms with Crippen LogP contribution < -0.4 is 5.56 Å². The first-order valence-corrected chi connectivity index (χ1v) is 10.2. The van der Waals surface area contributed by atoms with Crippen LogP contribution in [0.2, 0.25) is 0 Å². The molecule has 0 unspecified atom stereocenters. The molecule has 1 aliphatic heterocycles. The van der Waals surface area contributed by atoms with Crippen LogP contribution >= 0.6 is 0 Å². The van der Waals surface area contributed by atoms with Crippen molar-refractivity contribution in [3.05, 3.63) is 76.3 Å². The predicted octanol–water partition coefficient (Wildman–Crippen LogP) is 2.59. The third-order valence-corrected chi connectivity index (χ3v) is 5.46. The van der Waals surface area contributed by atoms with Gasteiger partial charge in [-0.05, 0) is 30.5 Å². The smallest absolute Gasteiger partial charge is 0.258 e. The van der Waals surface area contributed by atoms with Crippen LogP contribution in [0.3, 0.4) is 0 Å². The zero-order valence-corrected chi connectivity index (χ0v) is 16.5. The third kappa shape index (κ3) is 4.90. The molecule has 2 aromatic carbocycles. The van der Waals surface area contributed by atoms with Crippen LogP contribution in [0.25, 0.3) is 10.9 Å². The van der Waals surface area contributed by atoms with E-state index < -0.39 is 0 Å². The topological polar surface area (TPSA) is 69.3 Å². The summed E-state index contributed by atoms with van der Waals surface area (Å²) in [5.74, 6) is 0.911. The summed E-state index contributed by atoms with van der Waals surface area (Å²) in [6, 6.07) is 17.7. The first-order chi connectivity index (χ1) is 14.2. The Morgan fingerprint density at radius 2 is 1.69 bits per heavy atom. The molecule has 2 heterocycles. The highest BCUT2D eigenvalue weighted by atomic mass is 16.2. The second-order valence-corrected chi connectivity index (χ2v) is 7.53. The number of nitrogens with zero attached hydrogens (tertiary/aromatic N) is 3. The van der Waals surface area contributed by atoms with Crippen molar-refractivity contribution in [2.75, 3.05) is 26.2 Å². The lowest BCUT2D eigenvalue weighted by Crippen LogP contribution is -2.48. The zero-order valence-electron chi connectivity index (χ0n) is 16.5. The monoisotopic (exact) mass is 390 g/mol. The summed E-state index contributed by atoms with van der Waals surface area (Å²) < 4.78 is 0. The van der Waals surface area contributed by atoms with E-state index in [2.05, 4.69) is 27.0 Å². The molecule has 6 heteroatoms. The molecule has 1 N–H and O–H groups in total. The summed E-state index contributed by atoms with van der Waals surface area (Å²) >= 11 is 0. The molecule has 0 bridgehead atoms. The molecule has 1 aliphatic rings. The van der Waals surface area contributed by atoms with E-state index in [1.807, 2.05) is 41.3 Å². The van der Waals surface area contributed by atoms with Gasteiger partial charge in [-0.25, -0.2) is 4.98 Å². The standard InChI is InChI=1S/C23H26N4O2/c28-22(12-6-9-18-7-2-1-3-8-18)27-15-13-26(14-16-27)17-21-24-20-11-5-4-10-19(20)23(29)25-21/h1-5,7-8,10-11H,6,9,12-17H2,(H,24,25,29). The predicted molar refractivity (Wildman–Crippen MR) is 114 cm³/mol. The van der Waals surface area contributed by atoms with Gasteiger partial charge in [0.2, 0.25) is 5.91 Å². The maximum absolute atomic E-state index is 12.5. The Bertz CT molecular complexity index is 1020. The molecule has 29 heavy (non-hydrogen) atoms. The first kappa shape index (κ1) is 19.3. The van der Waals surface area contributed by atoms with Gasteiger partial charge in [-0.3, -0.25) is 14.5 Å². The van der Waals surface area contributed by atoms with Crippen molar-refractivity contribution in [2.24, 2.45) is 0 Å². The Balaban J connectivity index is 1.26.